The molecule has 0 bridgehead atoms. The molecule has 3 rings (SSSR count). The van der Waals surface area contributed by atoms with Gasteiger partial charge >= 0.3 is 5.97 Å². The number of nitrogens with zero attached hydrogens (tertiary/aromatic N) is 2. The average molecular weight is 464 g/mol. The van der Waals surface area contributed by atoms with Crippen molar-refractivity contribution in [2.45, 2.75) is 57.7 Å². The lowest BCUT2D eigenvalue weighted by Crippen LogP contribution is -2.28. The summed E-state index contributed by atoms with van der Waals surface area (Å²) in [4.78, 5) is 43.6. The molecular formula is C22H29N3O4S2. The highest BCUT2D eigenvalue weighted by Crippen LogP contribution is 2.36. The third kappa shape index (κ3) is 5.77. The van der Waals surface area contributed by atoms with Gasteiger partial charge in [0.1, 0.15) is 4.83 Å². The SMILES string of the molecule is C=CCn1c(SCC(=O)NCCCC(=O)OCC)nc2sc3c(c2c1=O)CCC(C)C3. The summed E-state index contributed by atoms with van der Waals surface area (Å²) in [6.45, 7) is 8.88. The second kappa shape index (κ2) is 10.9. The fourth-order valence-corrected chi connectivity index (χ4v) is 5.94. The highest BCUT2D eigenvalue weighted by atomic mass is 32.2. The van der Waals surface area contributed by atoms with Gasteiger partial charge in [-0.15, -0.1) is 17.9 Å². The minimum absolute atomic E-state index is 0.0469. The molecule has 0 aromatic carbocycles. The maximum Gasteiger partial charge on any atom is 0.305 e. The van der Waals surface area contributed by atoms with E-state index < -0.39 is 0 Å². The summed E-state index contributed by atoms with van der Waals surface area (Å²) in [5.41, 5.74) is 1.11. The van der Waals surface area contributed by atoms with Crippen molar-refractivity contribution in [1.82, 2.24) is 14.9 Å². The number of rotatable bonds is 10. The molecule has 1 aliphatic rings. The Balaban J connectivity index is 1.69. The van der Waals surface area contributed by atoms with Gasteiger partial charge in [0.2, 0.25) is 5.91 Å². The number of aryl methyl sites for hydroxylation is 1. The molecule has 1 N–H and O–H groups in total. The van der Waals surface area contributed by atoms with Crippen LogP contribution >= 0.6 is 23.1 Å². The van der Waals surface area contributed by atoms with Crippen LogP contribution in [-0.4, -0.2) is 40.3 Å². The molecule has 0 fully saturated rings. The second-order valence-corrected chi connectivity index (χ2v) is 9.70. The Morgan fingerprint density at radius 1 is 1.45 bits per heavy atom. The summed E-state index contributed by atoms with van der Waals surface area (Å²) in [5.74, 6) is 0.353. The highest BCUT2D eigenvalue weighted by Gasteiger charge is 2.24. The van der Waals surface area contributed by atoms with Crippen molar-refractivity contribution >= 4 is 45.2 Å². The number of esters is 1. The predicted octanol–water partition coefficient (Wildman–Crippen LogP) is 3.32. The monoisotopic (exact) mass is 463 g/mol. The van der Waals surface area contributed by atoms with Gasteiger partial charge in [0.25, 0.3) is 5.56 Å². The number of carbonyl (C=O) groups is 2. The van der Waals surface area contributed by atoms with E-state index in [2.05, 4.69) is 18.8 Å². The standard InChI is InChI=1S/C22H29N3O4S2/c1-4-11-25-21(28)19-15-9-8-14(3)12-16(15)31-20(19)24-22(25)30-13-17(26)23-10-6-7-18(27)29-5-2/h4,14H,1,5-13H2,2-3H3,(H,23,26). The molecule has 0 radical (unpaired) electrons. The summed E-state index contributed by atoms with van der Waals surface area (Å²) >= 11 is 2.86. The van der Waals surface area contributed by atoms with Gasteiger partial charge in [-0.05, 0) is 44.1 Å². The molecule has 7 nitrogen and oxygen atoms in total. The third-order valence-corrected chi connectivity index (χ3v) is 7.33. The molecule has 0 aliphatic heterocycles. The molecule has 1 unspecified atom stereocenters. The molecule has 1 amide bonds. The molecule has 1 atom stereocenters. The van der Waals surface area contributed by atoms with Crippen LogP contribution in [0.5, 0.6) is 0 Å². The molecule has 0 saturated heterocycles. The number of ether oxygens (including phenoxy) is 1. The smallest absolute Gasteiger partial charge is 0.305 e. The zero-order valence-corrected chi connectivity index (χ0v) is 19.7. The van der Waals surface area contributed by atoms with Crippen molar-refractivity contribution in [2.24, 2.45) is 5.92 Å². The fourth-order valence-electron chi connectivity index (χ4n) is 3.68. The van der Waals surface area contributed by atoms with Crippen molar-refractivity contribution in [3.8, 4) is 0 Å². The van der Waals surface area contributed by atoms with E-state index in [0.29, 0.717) is 37.2 Å². The number of hydrogen-bond acceptors (Lipinski definition) is 7. The topological polar surface area (TPSA) is 90.3 Å². The second-order valence-electron chi connectivity index (χ2n) is 7.68. The molecule has 2 aromatic heterocycles. The number of amides is 1. The number of thiophene rings is 1. The minimum atomic E-state index is -0.259. The maximum atomic E-state index is 13.3. The van der Waals surface area contributed by atoms with Crippen LogP contribution in [0.25, 0.3) is 10.2 Å². The normalized spacial score (nSPS) is 15.5. The number of hydrogen-bond donors (Lipinski definition) is 1. The van der Waals surface area contributed by atoms with Crippen molar-refractivity contribution in [3.05, 3.63) is 33.4 Å². The number of thioether (sulfide) groups is 1. The summed E-state index contributed by atoms with van der Waals surface area (Å²) in [6, 6.07) is 0. The van der Waals surface area contributed by atoms with Crippen LogP contribution in [0.15, 0.2) is 22.6 Å². The van der Waals surface area contributed by atoms with Gasteiger partial charge in [0.05, 0.1) is 17.7 Å². The molecule has 2 aromatic rings. The van der Waals surface area contributed by atoms with Gasteiger partial charge in [0, 0.05) is 24.4 Å². The molecule has 168 valence electrons. The van der Waals surface area contributed by atoms with E-state index in [1.54, 1.807) is 28.9 Å². The summed E-state index contributed by atoms with van der Waals surface area (Å²) in [6.07, 6.45) is 5.48. The number of nitrogens with one attached hydrogen (secondary N) is 1. The van der Waals surface area contributed by atoms with Crippen molar-refractivity contribution in [3.63, 3.8) is 0 Å². The molecule has 2 heterocycles. The minimum Gasteiger partial charge on any atom is -0.466 e. The molecule has 31 heavy (non-hydrogen) atoms. The summed E-state index contributed by atoms with van der Waals surface area (Å²) in [7, 11) is 0. The van der Waals surface area contributed by atoms with Crippen LogP contribution < -0.4 is 10.9 Å². The van der Waals surface area contributed by atoms with E-state index >= 15 is 0 Å². The quantitative estimate of drug-likeness (QED) is 0.191. The Kier molecular flexibility index (Phi) is 8.31. The Morgan fingerprint density at radius 3 is 3.00 bits per heavy atom. The number of allylic oxidation sites excluding steroid dienone is 1. The van der Waals surface area contributed by atoms with Gasteiger partial charge in [0.15, 0.2) is 5.16 Å². The van der Waals surface area contributed by atoms with E-state index in [0.717, 1.165) is 35.0 Å². The number of aromatic nitrogens is 2. The van der Waals surface area contributed by atoms with Gasteiger partial charge in [-0.3, -0.25) is 19.0 Å². The van der Waals surface area contributed by atoms with E-state index in [1.165, 1.54) is 16.6 Å². The first-order valence-electron chi connectivity index (χ1n) is 10.7. The van der Waals surface area contributed by atoms with Crippen molar-refractivity contribution in [2.75, 3.05) is 18.9 Å². The van der Waals surface area contributed by atoms with Gasteiger partial charge < -0.3 is 10.1 Å². The Bertz CT molecular complexity index is 1030. The van der Waals surface area contributed by atoms with E-state index in [9.17, 15) is 14.4 Å². The van der Waals surface area contributed by atoms with Crippen molar-refractivity contribution < 1.29 is 14.3 Å². The van der Waals surface area contributed by atoms with Gasteiger partial charge in [-0.2, -0.15) is 0 Å². The predicted molar refractivity (Wildman–Crippen MR) is 125 cm³/mol. The van der Waals surface area contributed by atoms with E-state index in [1.807, 2.05) is 0 Å². The molecule has 0 spiro atoms. The van der Waals surface area contributed by atoms with Crippen LogP contribution in [-0.2, 0) is 33.7 Å². The molecule has 0 saturated carbocycles. The van der Waals surface area contributed by atoms with Gasteiger partial charge in [-0.25, -0.2) is 4.98 Å². The Labute approximate surface area is 190 Å². The Hall–Kier alpha value is -2.13. The highest BCUT2D eigenvalue weighted by molar-refractivity contribution is 7.99. The molecule has 1 aliphatic carbocycles. The maximum absolute atomic E-state index is 13.3. The average Bonchev–Trinajstić information content (AvgIpc) is 3.09. The number of carbonyl (C=O) groups excluding carboxylic acids is 2. The van der Waals surface area contributed by atoms with E-state index in [4.69, 9.17) is 9.72 Å². The largest absolute Gasteiger partial charge is 0.466 e. The van der Waals surface area contributed by atoms with Crippen molar-refractivity contribution in [1.29, 1.82) is 0 Å². The summed E-state index contributed by atoms with van der Waals surface area (Å²) < 4.78 is 6.48. The Morgan fingerprint density at radius 2 is 2.26 bits per heavy atom. The van der Waals surface area contributed by atoms with E-state index in [-0.39, 0.29) is 29.6 Å². The lowest BCUT2D eigenvalue weighted by atomic mass is 9.89. The molecule has 9 heteroatoms. The lowest BCUT2D eigenvalue weighted by molar-refractivity contribution is -0.143. The van der Waals surface area contributed by atoms with Crippen LogP contribution in [0.3, 0.4) is 0 Å². The first-order chi connectivity index (χ1) is 14.9. The van der Waals surface area contributed by atoms with Crippen LogP contribution in [0.4, 0.5) is 0 Å². The van der Waals surface area contributed by atoms with Gasteiger partial charge in [-0.1, -0.05) is 24.8 Å². The zero-order valence-electron chi connectivity index (χ0n) is 18.1. The van der Waals surface area contributed by atoms with Crippen LogP contribution in [0.1, 0.15) is 43.6 Å². The first-order valence-corrected chi connectivity index (χ1v) is 12.5. The lowest BCUT2D eigenvalue weighted by Gasteiger charge is -2.17. The zero-order chi connectivity index (χ0) is 22.4. The number of fused-ring (bicyclic) bond motifs is 3. The fraction of sp³-hybridized carbons (Fsp3) is 0.545. The van der Waals surface area contributed by atoms with Crippen LogP contribution in [0, 0.1) is 5.92 Å². The third-order valence-electron chi connectivity index (χ3n) is 5.21. The molecular weight excluding hydrogens is 434 g/mol. The first kappa shape index (κ1) is 23.5. The van der Waals surface area contributed by atoms with Crippen LogP contribution in [0.2, 0.25) is 0 Å². The summed E-state index contributed by atoms with van der Waals surface area (Å²) in [5, 5.41) is 4.07.